The number of carbonyl (C=O) groups is 1. The first-order valence-corrected chi connectivity index (χ1v) is 9.03. The Balaban J connectivity index is 1.57. The monoisotopic (exact) mass is 338 g/mol. The number of nitrogens with one attached hydrogen (secondary N) is 1. The Bertz CT molecular complexity index is 693. The van der Waals surface area contributed by atoms with E-state index in [9.17, 15) is 4.79 Å². The van der Waals surface area contributed by atoms with Crippen LogP contribution < -0.4 is 16.2 Å². The number of hydrogen-bond acceptors (Lipinski definition) is 4. The van der Waals surface area contributed by atoms with Crippen LogP contribution in [0.5, 0.6) is 0 Å². The number of hydrazine groups is 1. The molecule has 0 aliphatic carbocycles. The van der Waals surface area contributed by atoms with E-state index in [0.717, 1.165) is 43.0 Å². The first kappa shape index (κ1) is 17.4. The average molecular weight is 338 g/mol. The van der Waals surface area contributed by atoms with Crippen molar-refractivity contribution in [3.8, 4) is 0 Å². The third-order valence-electron chi connectivity index (χ3n) is 4.69. The summed E-state index contributed by atoms with van der Waals surface area (Å²) >= 11 is 0. The molecule has 0 bridgehead atoms. The lowest BCUT2D eigenvalue weighted by Crippen LogP contribution is -2.31. The molecule has 1 aliphatic heterocycles. The van der Waals surface area contributed by atoms with Gasteiger partial charge in [-0.05, 0) is 55.4 Å². The first-order valence-electron chi connectivity index (χ1n) is 9.03. The minimum atomic E-state index is -0.175. The Kier molecular flexibility index (Phi) is 6.01. The molecule has 3 rings (SSSR count). The molecule has 1 aromatic carbocycles. The molecule has 1 aliphatic rings. The Morgan fingerprint density at radius 1 is 1.00 bits per heavy atom. The molecule has 1 aromatic heterocycles. The predicted molar refractivity (Wildman–Crippen MR) is 100 cm³/mol. The SMILES string of the molecule is NNC(=O)Cc1ccc(CCc2cccc(N3CCCCC3)n2)cc1. The van der Waals surface area contributed by atoms with Crippen molar-refractivity contribution in [1.29, 1.82) is 0 Å². The molecule has 132 valence electrons. The van der Waals surface area contributed by atoms with E-state index >= 15 is 0 Å². The van der Waals surface area contributed by atoms with Gasteiger partial charge in [0.1, 0.15) is 5.82 Å². The lowest BCUT2D eigenvalue weighted by Gasteiger charge is -2.28. The number of nitrogens with zero attached hydrogens (tertiary/aromatic N) is 2. The molecule has 1 fully saturated rings. The van der Waals surface area contributed by atoms with Gasteiger partial charge in [0.15, 0.2) is 0 Å². The number of hydrogen-bond donors (Lipinski definition) is 2. The van der Waals surface area contributed by atoms with Crippen molar-refractivity contribution < 1.29 is 4.79 Å². The largest absolute Gasteiger partial charge is 0.357 e. The summed E-state index contributed by atoms with van der Waals surface area (Å²) in [5.74, 6) is 6.05. The zero-order valence-corrected chi connectivity index (χ0v) is 14.6. The van der Waals surface area contributed by atoms with Crippen LogP contribution in [0.4, 0.5) is 5.82 Å². The van der Waals surface area contributed by atoms with Crippen LogP contribution in [-0.4, -0.2) is 24.0 Å². The minimum absolute atomic E-state index is 0.175. The Morgan fingerprint density at radius 3 is 2.44 bits per heavy atom. The maximum absolute atomic E-state index is 11.3. The van der Waals surface area contributed by atoms with E-state index in [2.05, 4.69) is 40.7 Å². The summed E-state index contributed by atoms with van der Waals surface area (Å²) in [6, 6.07) is 14.5. The molecule has 0 atom stereocenters. The van der Waals surface area contributed by atoms with Gasteiger partial charge >= 0.3 is 0 Å². The van der Waals surface area contributed by atoms with E-state index in [0.29, 0.717) is 6.42 Å². The van der Waals surface area contributed by atoms with Gasteiger partial charge in [0.25, 0.3) is 0 Å². The van der Waals surface area contributed by atoms with Crippen LogP contribution in [0.1, 0.15) is 36.1 Å². The van der Waals surface area contributed by atoms with Gasteiger partial charge in [-0.25, -0.2) is 10.8 Å². The van der Waals surface area contributed by atoms with E-state index in [1.54, 1.807) is 0 Å². The maximum Gasteiger partial charge on any atom is 0.238 e. The molecule has 25 heavy (non-hydrogen) atoms. The smallest absolute Gasteiger partial charge is 0.238 e. The van der Waals surface area contributed by atoms with Gasteiger partial charge in [-0.2, -0.15) is 0 Å². The number of benzene rings is 1. The highest BCUT2D eigenvalue weighted by molar-refractivity contribution is 5.77. The van der Waals surface area contributed by atoms with Gasteiger partial charge in [-0.1, -0.05) is 30.3 Å². The summed E-state index contributed by atoms with van der Waals surface area (Å²) in [5, 5.41) is 0. The van der Waals surface area contributed by atoms with Crippen LogP contribution in [0, 0.1) is 0 Å². The Morgan fingerprint density at radius 2 is 1.72 bits per heavy atom. The number of piperidine rings is 1. The highest BCUT2D eigenvalue weighted by Gasteiger charge is 2.12. The van der Waals surface area contributed by atoms with Crippen molar-refractivity contribution >= 4 is 11.7 Å². The molecule has 3 N–H and O–H groups in total. The van der Waals surface area contributed by atoms with Crippen LogP contribution >= 0.6 is 0 Å². The summed E-state index contributed by atoms with van der Waals surface area (Å²) in [7, 11) is 0. The lowest BCUT2D eigenvalue weighted by molar-refractivity contribution is -0.120. The van der Waals surface area contributed by atoms with Crippen molar-refractivity contribution in [3.63, 3.8) is 0 Å². The first-order chi connectivity index (χ1) is 12.2. The summed E-state index contributed by atoms with van der Waals surface area (Å²) < 4.78 is 0. The molecule has 2 aromatic rings. The van der Waals surface area contributed by atoms with Crippen LogP contribution in [-0.2, 0) is 24.1 Å². The fraction of sp³-hybridized carbons (Fsp3) is 0.400. The van der Waals surface area contributed by atoms with Gasteiger partial charge in [0, 0.05) is 18.8 Å². The molecule has 2 heterocycles. The second-order valence-corrected chi connectivity index (χ2v) is 6.60. The molecule has 5 nitrogen and oxygen atoms in total. The second-order valence-electron chi connectivity index (χ2n) is 6.60. The maximum atomic E-state index is 11.3. The highest BCUT2D eigenvalue weighted by Crippen LogP contribution is 2.18. The van der Waals surface area contributed by atoms with Gasteiger partial charge in [-0.15, -0.1) is 0 Å². The predicted octanol–water partition coefficient (Wildman–Crippen LogP) is 2.39. The van der Waals surface area contributed by atoms with Crippen molar-refractivity contribution in [2.45, 2.75) is 38.5 Å². The fourth-order valence-corrected chi connectivity index (χ4v) is 3.24. The van der Waals surface area contributed by atoms with Gasteiger partial charge in [0.2, 0.25) is 5.91 Å². The Labute approximate surface area is 149 Å². The van der Waals surface area contributed by atoms with Gasteiger partial charge in [0.05, 0.1) is 6.42 Å². The van der Waals surface area contributed by atoms with Crippen molar-refractivity contribution in [1.82, 2.24) is 10.4 Å². The second kappa shape index (κ2) is 8.62. The molecule has 5 heteroatoms. The van der Waals surface area contributed by atoms with Crippen LogP contribution in [0.2, 0.25) is 0 Å². The van der Waals surface area contributed by atoms with Crippen molar-refractivity contribution in [2.75, 3.05) is 18.0 Å². The molecule has 0 radical (unpaired) electrons. The molecule has 1 saturated heterocycles. The average Bonchev–Trinajstić information content (AvgIpc) is 2.68. The molecular weight excluding hydrogens is 312 g/mol. The van der Waals surface area contributed by atoms with Crippen molar-refractivity contribution in [3.05, 3.63) is 59.3 Å². The summed E-state index contributed by atoms with van der Waals surface area (Å²) in [5.41, 5.74) is 5.51. The van der Waals surface area contributed by atoms with Gasteiger partial charge in [-0.3, -0.25) is 10.2 Å². The third-order valence-corrected chi connectivity index (χ3v) is 4.69. The van der Waals surface area contributed by atoms with Crippen LogP contribution in [0.15, 0.2) is 42.5 Å². The zero-order chi connectivity index (χ0) is 17.5. The van der Waals surface area contributed by atoms with Crippen molar-refractivity contribution in [2.24, 2.45) is 5.84 Å². The van der Waals surface area contributed by atoms with Crippen LogP contribution in [0.3, 0.4) is 0 Å². The number of carbonyl (C=O) groups excluding carboxylic acids is 1. The standard InChI is InChI=1S/C20H26N4O/c21-23-20(25)15-17-9-7-16(8-10-17)11-12-18-5-4-6-19(22-18)24-13-2-1-3-14-24/h4-10H,1-3,11-15,21H2,(H,23,25). The molecular formula is C20H26N4O. The molecule has 0 spiro atoms. The third kappa shape index (κ3) is 5.03. The summed E-state index contributed by atoms with van der Waals surface area (Å²) in [6.07, 6.45) is 6.04. The number of rotatable bonds is 6. The highest BCUT2D eigenvalue weighted by atomic mass is 16.2. The number of nitrogens with two attached hydrogens (primary N) is 1. The molecule has 1 amide bonds. The summed E-state index contributed by atoms with van der Waals surface area (Å²) in [6.45, 7) is 2.24. The summed E-state index contributed by atoms with van der Waals surface area (Å²) in [4.78, 5) is 18.5. The normalized spacial score (nSPS) is 14.4. The number of pyridine rings is 1. The quantitative estimate of drug-likeness (QED) is 0.482. The van der Waals surface area contributed by atoms with E-state index in [4.69, 9.17) is 10.8 Å². The number of aryl methyl sites for hydroxylation is 2. The Hall–Kier alpha value is -2.40. The van der Waals surface area contributed by atoms with Gasteiger partial charge < -0.3 is 4.90 Å². The lowest BCUT2D eigenvalue weighted by atomic mass is 10.0. The zero-order valence-electron chi connectivity index (χ0n) is 14.6. The number of amides is 1. The van der Waals surface area contributed by atoms with E-state index in [1.807, 2.05) is 12.1 Å². The molecule has 0 saturated carbocycles. The number of anilines is 1. The molecule has 0 unspecified atom stereocenters. The van der Waals surface area contributed by atoms with E-state index in [1.165, 1.54) is 24.8 Å². The van der Waals surface area contributed by atoms with E-state index < -0.39 is 0 Å². The number of aromatic nitrogens is 1. The topological polar surface area (TPSA) is 71.2 Å². The van der Waals surface area contributed by atoms with Crippen LogP contribution in [0.25, 0.3) is 0 Å². The fourth-order valence-electron chi connectivity index (χ4n) is 3.24. The van der Waals surface area contributed by atoms with E-state index in [-0.39, 0.29) is 5.91 Å². The minimum Gasteiger partial charge on any atom is -0.357 e.